The molecule has 3 heterocycles. The molecule has 4 heteroatoms. The smallest absolute Gasteiger partial charge is 0.0640 e. The molecule has 1 nitrogen and oxygen atoms in total. The number of fused-ring (bicyclic) bond motifs is 12. The molecule has 11 aromatic rings. The third kappa shape index (κ3) is 4.23. The van der Waals surface area contributed by atoms with Crippen LogP contribution in [0.4, 0.5) is 17.1 Å². The Bertz CT molecular complexity index is 3090. The van der Waals surface area contributed by atoms with E-state index in [1.807, 2.05) is 34.0 Å². The van der Waals surface area contributed by atoms with Crippen LogP contribution in [0.5, 0.6) is 0 Å². The summed E-state index contributed by atoms with van der Waals surface area (Å²) in [6.07, 6.45) is 0. The zero-order chi connectivity index (χ0) is 32.8. The second-order valence-corrected chi connectivity index (χ2v) is 16.0. The van der Waals surface area contributed by atoms with Gasteiger partial charge in [0.2, 0.25) is 0 Å². The summed E-state index contributed by atoms with van der Waals surface area (Å²) in [6, 6.07) is 60.4. The van der Waals surface area contributed by atoms with Crippen molar-refractivity contribution in [2.75, 3.05) is 4.90 Å². The van der Waals surface area contributed by atoms with E-state index in [1.54, 1.807) is 0 Å². The summed E-state index contributed by atoms with van der Waals surface area (Å²) in [5.74, 6) is 0. The van der Waals surface area contributed by atoms with E-state index in [2.05, 4.69) is 169 Å². The maximum Gasteiger partial charge on any atom is 0.0640 e. The molecule has 0 saturated heterocycles. The maximum atomic E-state index is 2.47. The Balaban J connectivity index is 1.16. The molecule has 11 rings (SSSR count). The first-order chi connectivity index (χ1) is 24.8. The molecule has 234 valence electrons. The fourth-order valence-corrected chi connectivity index (χ4v) is 11.4. The Morgan fingerprint density at radius 2 is 0.960 bits per heavy atom. The summed E-state index contributed by atoms with van der Waals surface area (Å²) >= 11 is 5.70. The lowest BCUT2D eigenvalue weighted by molar-refractivity contribution is 1.31. The highest BCUT2D eigenvalue weighted by Crippen LogP contribution is 2.50. The molecule has 3 aromatic heterocycles. The lowest BCUT2D eigenvalue weighted by Gasteiger charge is -2.26. The van der Waals surface area contributed by atoms with Crippen LogP contribution in [0.3, 0.4) is 0 Å². The number of hydrogen-bond acceptors (Lipinski definition) is 4. The average Bonchev–Trinajstić information content (AvgIpc) is 3.87. The molecule has 0 radical (unpaired) electrons. The molecule has 0 spiro atoms. The van der Waals surface area contributed by atoms with Crippen LogP contribution in [0.25, 0.3) is 82.4 Å². The quantitative estimate of drug-likeness (QED) is 0.178. The van der Waals surface area contributed by atoms with Gasteiger partial charge < -0.3 is 4.90 Å². The largest absolute Gasteiger partial charge is 0.309 e. The number of hydrogen-bond donors (Lipinski definition) is 0. The lowest BCUT2D eigenvalue weighted by atomic mass is 10.0. The zero-order valence-corrected chi connectivity index (χ0v) is 29.2. The van der Waals surface area contributed by atoms with Gasteiger partial charge in [0.1, 0.15) is 0 Å². The average molecular weight is 690 g/mol. The first-order valence-electron chi connectivity index (χ1n) is 16.8. The van der Waals surface area contributed by atoms with E-state index in [0.29, 0.717) is 0 Å². The maximum absolute atomic E-state index is 2.47. The minimum absolute atomic E-state index is 1.15. The number of anilines is 3. The van der Waals surface area contributed by atoms with Crippen LogP contribution < -0.4 is 4.90 Å². The molecular weight excluding hydrogens is 663 g/mol. The van der Waals surface area contributed by atoms with E-state index in [9.17, 15) is 0 Å². The molecule has 0 bridgehead atoms. The number of thiophene rings is 3. The Morgan fingerprint density at radius 3 is 1.80 bits per heavy atom. The van der Waals surface area contributed by atoms with Gasteiger partial charge in [-0.25, -0.2) is 0 Å². The second-order valence-electron chi connectivity index (χ2n) is 12.9. The van der Waals surface area contributed by atoms with Gasteiger partial charge >= 0.3 is 0 Å². The van der Waals surface area contributed by atoms with Gasteiger partial charge in [0.05, 0.1) is 10.4 Å². The van der Waals surface area contributed by atoms with Crippen molar-refractivity contribution in [3.63, 3.8) is 0 Å². The van der Waals surface area contributed by atoms with Crippen molar-refractivity contribution >= 4 is 122 Å². The van der Waals surface area contributed by atoms with Crippen LogP contribution in [0.1, 0.15) is 0 Å². The predicted octanol–water partition coefficient (Wildman–Crippen LogP) is 15.1. The van der Waals surface area contributed by atoms with Gasteiger partial charge in [-0.1, -0.05) is 115 Å². The van der Waals surface area contributed by atoms with E-state index in [4.69, 9.17) is 0 Å². The van der Waals surface area contributed by atoms with E-state index in [-0.39, 0.29) is 0 Å². The monoisotopic (exact) mass is 689 g/mol. The minimum atomic E-state index is 1.15. The number of rotatable bonds is 4. The van der Waals surface area contributed by atoms with Crippen molar-refractivity contribution < 1.29 is 0 Å². The van der Waals surface area contributed by atoms with Crippen molar-refractivity contribution in [1.29, 1.82) is 0 Å². The molecule has 0 atom stereocenters. The molecule has 0 aliphatic rings. The molecule has 0 N–H and O–H groups in total. The number of benzene rings is 8. The molecule has 50 heavy (non-hydrogen) atoms. The Kier molecular flexibility index (Phi) is 6.23. The van der Waals surface area contributed by atoms with Crippen LogP contribution in [-0.4, -0.2) is 0 Å². The van der Waals surface area contributed by atoms with Crippen LogP contribution in [0, 0.1) is 0 Å². The zero-order valence-electron chi connectivity index (χ0n) is 26.8. The van der Waals surface area contributed by atoms with E-state index < -0.39 is 0 Å². The fraction of sp³-hybridized carbons (Fsp3) is 0. The Morgan fingerprint density at radius 1 is 0.340 bits per heavy atom. The Labute approximate surface area is 300 Å². The lowest BCUT2D eigenvalue weighted by Crippen LogP contribution is -2.09. The fourth-order valence-electron chi connectivity index (χ4n) is 7.76. The summed E-state index contributed by atoms with van der Waals surface area (Å²) in [4.78, 5) is 2.47. The molecule has 0 saturated carbocycles. The van der Waals surface area contributed by atoms with Gasteiger partial charge in [-0.05, 0) is 70.4 Å². The van der Waals surface area contributed by atoms with Gasteiger partial charge in [0.25, 0.3) is 0 Å². The van der Waals surface area contributed by atoms with Gasteiger partial charge in [-0.2, -0.15) is 0 Å². The summed E-state index contributed by atoms with van der Waals surface area (Å²) < 4.78 is 7.97. The third-order valence-corrected chi connectivity index (χ3v) is 13.6. The third-order valence-electron chi connectivity index (χ3n) is 10.1. The van der Waals surface area contributed by atoms with E-state index in [0.717, 1.165) is 5.69 Å². The van der Waals surface area contributed by atoms with Crippen LogP contribution in [0.15, 0.2) is 164 Å². The van der Waals surface area contributed by atoms with Crippen molar-refractivity contribution in [3.8, 4) is 11.1 Å². The van der Waals surface area contributed by atoms with Crippen LogP contribution >= 0.6 is 34.0 Å². The molecular formula is C46H27NS3. The van der Waals surface area contributed by atoms with Gasteiger partial charge in [-0.15, -0.1) is 34.0 Å². The first-order valence-corrected chi connectivity index (χ1v) is 19.3. The standard InChI is InChI=1S/C46H27NS3/c1-2-9-28(10-3-1)29-17-20-31(21-18-29)47(32-22-24-35-34-13-6-7-16-39(34)48-42(35)27-32)38-15-8-14-36-43-41(50-46(36)38)26-25-40-44(43)37-23-19-30-11-4-5-12-33(30)45(37)49-40/h1-27H. The summed E-state index contributed by atoms with van der Waals surface area (Å²) in [7, 11) is 0. The predicted molar refractivity (Wildman–Crippen MR) is 223 cm³/mol. The summed E-state index contributed by atoms with van der Waals surface area (Å²) in [5.41, 5.74) is 5.96. The Hall–Kier alpha value is -5.52. The highest BCUT2D eigenvalue weighted by atomic mass is 32.1. The molecule has 0 amide bonds. The van der Waals surface area contributed by atoms with Crippen molar-refractivity contribution in [2.45, 2.75) is 0 Å². The normalized spacial score (nSPS) is 12.0. The van der Waals surface area contributed by atoms with E-state index >= 15 is 0 Å². The molecule has 0 fully saturated rings. The number of nitrogens with zero attached hydrogens (tertiary/aromatic N) is 1. The van der Waals surface area contributed by atoms with Crippen LogP contribution in [0.2, 0.25) is 0 Å². The SMILES string of the molecule is c1ccc(-c2ccc(N(c3ccc4c(c3)sc3ccccc34)c3cccc4c3sc3ccc5sc6c7ccccc7ccc6c5c34)cc2)cc1. The molecule has 8 aromatic carbocycles. The van der Waals surface area contributed by atoms with E-state index in [1.165, 1.54) is 93.8 Å². The van der Waals surface area contributed by atoms with Crippen molar-refractivity contribution in [2.24, 2.45) is 0 Å². The van der Waals surface area contributed by atoms with Crippen molar-refractivity contribution in [1.82, 2.24) is 0 Å². The van der Waals surface area contributed by atoms with Gasteiger partial charge in [0.15, 0.2) is 0 Å². The summed E-state index contributed by atoms with van der Waals surface area (Å²) in [5, 5.41) is 10.7. The molecule has 0 unspecified atom stereocenters. The molecule has 0 aliphatic heterocycles. The van der Waals surface area contributed by atoms with Crippen molar-refractivity contribution in [3.05, 3.63) is 164 Å². The minimum Gasteiger partial charge on any atom is -0.309 e. The molecule has 0 aliphatic carbocycles. The highest BCUT2D eigenvalue weighted by molar-refractivity contribution is 7.28. The topological polar surface area (TPSA) is 3.24 Å². The van der Waals surface area contributed by atoms with Gasteiger partial charge in [-0.3, -0.25) is 0 Å². The van der Waals surface area contributed by atoms with Gasteiger partial charge in [0, 0.05) is 67.2 Å². The second kappa shape index (κ2) is 11.0. The van der Waals surface area contributed by atoms with Crippen LogP contribution in [-0.2, 0) is 0 Å². The summed E-state index contributed by atoms with van der Waals surface area (Å²) in [6.45, 7) is 0. The first kappa shape index (κ1) is 28.3. The highest BCUT2D eigenvalue weighted by Gasteiger charge is 2.21.